The number of rotatable bonds is 9. The van der Waals surface area contributed by atoms with Crippen molar-refractivity contribution in [1.82, 2.24) is 5.32 Å². The second-order valence-electron chi connectivity index (χ2n) is 6.86. The van der Waals surface area contributed by atoms with Crippen LogP contribution in [0.25, 0.3) is 0 Å². The van der Waals surface area contributed by atoms with Crippen LogP contribution in [0.4, 0.5) is 5.69 Å². The van der Waals surface area contributed by atoms with Crippen LogP contribution in [0.1, 0.15) is 8.35 Å². The maximum absolute atomic E-state index is 13.0. The Morgan fingerprint density at radius 3 is 2.47 bits per heavy atom. The minimum Gasteiger partial charge on any atom is -0.479 e. The molecule has 0 spiro atoms. The summed E-state index contributed by atoms with van der Waals surface area (Å²) in [6.07, 6.45) is -5.63. The van der Waals surface area contributed by atoms with Gasteiger partial charge in [0.25, 0.3) is 11.8 Å². The molecule has 1 heterocycles. The normalized spacial score (nSPS) is 20.5. The highest BCUT2D eigenvalue weighted by Gasteiger charge is 2.38. The van der Waals surface area contributed by atoms with Crippen molar-refractivity contribution >= 4 is 52.4 Å². The first-order valence-electron chi connectivity index (χ1n) is 9.25. The van der Waals surface area contributed by atoms with Gasteiger partial charge < -0.3 is 30.9 Å². The fourth-order valence-electron chi connectivity index (χ4n) is 2.81. The molecule has 0 aliphatic carbocycles. The number of carboxylic acids is 1. The van der Waals surface area contributed by atoms with Gasteiger partial charge in [0.1, 0.15) is 23.9 Å². The summed E-state index contributed by atoms with van der Waals surface area (Å²) in [4.78, 5) is 37.6. The Morgan fingerprint density at radius 1 is 1.34 bits per heavy atom. The first-order chi connectivity index (χ1) is 15.0. The summed E-state index contributed by atoms with van der Waals surface area (Å²) >= 11 is 10.9. The molecular formula is C19H24ClN3O8S. The van der Waals surface area contributed by atoms with E-state index in [2.05, 4.69) is 5.32 Å². The van der Waals surface area contributed by atoms with E-state index >= 15 is 0 Å². The average molecular weight is 490 g/mol. The number of thiocarbonyl (C=S) groups is 1. The first-order valence-corrected chi connectivity index (χ1v) is 10.0. The van der Waals surface area contributed by atoms with Crippen molar-refractivity contribution in [2.24, 2.45) is 5.73 Å². The molecule has 13 heteroatoms. The Bertz CT molecular complexity index is 932. The second-order valence-corrected chi connectivity index (χ2v) is 7.68. The summed E-state index contributed by atoms with van der Waals surface area (Å²) in [6, 6.07) is 4.60. The second kappa shape index (κ2) is 10.9. The number of nitrogens with zero attached hydrogens (tertiary/aromatic N) is 1. The lowest BCUT2D eigenvalue weighted by Crippen LogP contribution is -2.56. The SMILES string of the molecule is CC(OC(C(O)[C@H](O)CO)[C@@H](N)/C=C1/C(=O)NC(=S)N(c2ccc(Cl)cc2)C1=O)C(=O)O.[HH]. The number of aliphatic carboxylic acids is 1. The molecule has 1 saturated heterocycles. The lowest BCUT2D eigenvalue weighted by atomic mass is 9.98. The third-order valence-electron chi connectivity index (χ3n) is 4.55. The van der Waals surface area contributed by atoms with Gasteiger partial charge in [-0.25, -0.2) is 4.79 Å². The maximum Gasteiger partial charge on any atom is 0.332 e. The van der Waals surface area contributed by atoms with E-state index in [1.54, 1.807) is 0 Å². The molecule has 1 fully saturated rings. The van der Waals surface area contributed by atoms with Crippen molar-refractivity contribution in [3.05, 3.63) is 40.9 Å². The van der Waals surface area contributed by atoms with Gasteiger partial charge in [0.05, 0.1) is 18.3 Å². The number of ether oxygens (including phenoxy) is 1. The highest BCUT2D eigenvalue weighted by molar-refractivity contribution is 7.80. The number of amides is 2. The molecule has 5 atom stereocenters. The Labute approximate surface area is 194 Å². The molecule has 0 bridgehead atoms. The molecule has 1 aromatic carbocycles. The van der Waals surface area contributed by atoms with Crippen LogP contribution in [0.5, 0.6) is 0 Å². The molecule has 2 rings (SSSR count). The van der Waals surface area contributed by atoms with Gasteiger partial charge in [-0.05, 0) is 49.5 Å². The molecule has 11 nitrogen and oxygen atoms in total. The number of nitrogens with two attached hydrogens (primary N) is 1. The van der Waals surface area contributed by atoms with E-state index in [1.807, 2.05) is 0 Å². The van der Waals surface area contributed by atoms with Crippen molar-refractivity contribution in [1.29, 1.82) is 0 Å². The minimum absolute atomic E-state index is 0. The summed E-state index contributed by atoms with van der Waals surface area (Å²) in [6.45, 7) is 0.288. The van der Waals surface area contributed by atoms with Crippen LogP contribution in [-0.2, 0) is 19.1 Å². The zero-order chi connectivity index (χ0) is 24.2. The van der Waals surface area contributed by atoms with E-state index < -0.39 is 60.4 Å². The van der Waals surface area contributed by atoms with Gasteiger partial charge in [0.2, 0.25) is 0 Å². The van der Waals surface area contributed by atoms with E-state index in [4.69, 9.17) is 44.5 Å². The number of halogens is 1. The van der Waals surface area contributed by atoms with Crippen molar-refractivity contribution in [2.45, 2.75) is 37.4 Å². The molecular weight excluding hydrogens is 466 g/mol. The molecule has 2 amide bonds. The fourth-order valence-corrected chi connectivity index (χ4v) is 3.22. The quantitative estimate of drug-likeness (QED) is 0.145. The van der Waals surface area contributed by atoms with Crippen molar-refractivity contribution in [3.63, 3.8) is 0 Å². The van der Waals surface area contributed by atoms with Crippen LogP contribution in [-0.4, -0.2) is 80.4 Å². The zero-order valence-corrected chi connectivity index (χ0v) is 18.3. The highest BCUT2D eigenvalue weighted by atomic mass is 35.5. The third-order valence-corrected chi connectivity index (χ3v) is 5.09. The molecule has 1 aromatic rings. The summed E-state index contributed by atoms with van der Waals surface area (Å²) in [7, 11) is 0. The Kier molecular flexibility index (Phi) is 8.81. The van der Waals surface area contributed by atoms with E-state index in [0.717, 1.165) is 17.9 Å². The monoisotopic (exact) mass is 489 g/mol. The number of hydrogen-bond acceptors (Lipinski definition) is 9. The van der Waals surface area contributed by atoms with Gasteiger partial charge in [-0.3, -0.25) is 19.8 Å². The number of anilines is 1. The Hall–Kier alpha value is -2.45. The molecule has 3 unspecified atom stereocenters. The molecule has 0 saturated carbocycles. The van der Waals surface area contributed by atoms with Gasteiger partial charge >= 0.3 is 5.97 Å². The van der Waals surface area contributed by atoms with Crippen LogP contribution in [0, 0.1) is 0 Å². The number of aliphatic hydroxyl groups excluding tert-OH is 3. The van der Waals surface area contributed by atoms with Crippen LogP contribution >= 0.6 is 23.8 Å². The van der Waals surface area contributed by atoms with E-state index in [0.29, 0.717) is 10.7 Å². The van der Waals surface area contributed by atoms with Gasteiger partial charge in [-0.2, -0.15) is 0 Å². The third kappa shape index (κ3) is 5.86. The smallest absolute Gasteiger partial charge is 0.332 e. The first kappa shape index (κ1) is 25.8. The molecule has 0 radical (unpaired) electrons. The van der Waals surface area contributed by atoms with Gasteiger partial charge in [-0.1, -0.05) is 11.6 Å². The topological polar surface area (TPSA) is 183 Å². The summed E-state index contributed by atoms with van der Waals surface area (Å²) < 4.78 is 5.23. The number of hydrogen-bond donors (Lipinski definition) is 6. The van der Waals surface area contributed by atoms with E-state index in [1.165, 1.54) is 24.3 Å². The standard InChI is InChI=1S/C19H22ClN3O8S.H2/c1-8(18(29)30)31-15(14(26)13(25)7-24)12(21)6-11-16(27)22-19(32)23(17(11)28)10-4-2-9(20)3-5-10;/h2-6,8,12-15,24-26H,7,21H2,1H3,(H,29,30)(H,22,27,32);1H/b11-6-;/t8?,12-,13+,14?,15?;/m0./s1. The molecule has 1 aliphatic rings. The van der Waals surface area contributed by atoms with Crippen LogP contribution in [0.3, 0.4) is 0 Å². The van der Waals surface area contributed by atoms with Crippen molar-refractivity contribution < 1.29 is 41.0 Å². The molecule has 7 N–H and O–H groups in total. The maximum atomic E-state index is 13.0. The van der Waals surface area contributed by atoms with Gasteiger partial charge in [0.15, 0.2) is 11.2 Å². The number of carbonyl (C=O) groups is 3. The predicted molar refractivity (Wildman–Crippen MR) is 119 cm³/mol. The van der Waals surface area contributed by atoms with Crippen molar-refractivity contribution in [2.75, 3.05) is 11.5 Å². The molecule has 1 aliphatic heterocycles. The summed E-state index contributed by atoms with van der Waals surface area (Å²) in [5, 5.41) is 40.8. The number of benzene rings is 1. The lowest BCUT2D eigenvalue weighted by Gasteiger charge is -2.32. The highest BCUT2D eigenvalue weighted by Crippen LogP contribution is 2.23. The summed E-state index contributed by atoms with van der Waals surface area (Å²) in [5.41, 5.74) is 5.86. The van der Waals surface area contributed by atoms with Crippen LogP contribution < -0.4 is 16.0 Å². The van der Waals surface area contributed by atoms with E-state index in [9.17, 15) is 24.6 Å². The Morgan fingerprint density at radius 2 is 1.94 bits per heavy atom. The Balaban J connectivity index is 0.00000544. The number of carbonyl (C=O) groups excluding carboxylic acids is 2. The predicted octanol–water partition coefficient (Wildman–Crippen LogP) is -0.840. The largest absolute Gasteiger partial charge is 0.479 e. The van der Waals surface area contributed by atoms with Crippen molar-refractivity contribution in [3.8, 4) is 0 Å². The lowest BCUT2D eigenvalue weighted by molar-refractivity contribution is -0.164. The van der Waals surface area contributed by atoms with Crippen LogP contribution in [0.2, 0.25) is 5.02 Å². The fraction of sp³-hybridized carbons (Fsp3) is 0.368. The molecule has 176 valence electrons. The molecule has 32 heavy (non-hydrogen) atoms. The van der Waals surface area contributed by atoms with Crippen LogP contribution in [0.15, 0.2) is 35.9 Å². The molecule has 0 aromatic heterocycles. The number of carboxylic acid groups (broad SMARTS) is 1. The summed E-state index contributed by atoms with van der Waals surface area (Å²) in [5.74, 6) is -3.09. The van der Waals surface area contributed by atoms with E-state index in [-0.39, 0.29) is 6.54 Å². The van der Waals surface area contributed by atoms with Gasteiger partial charge in [0, 0.05) is 6.45 Å². The minimum atomic E-state index is -1.83. The zero-order valence-electron chi connectivity index (χ0n) is 16.7. The number of aliphatic hydroxyl groups is 3. The number of nitrogens with one attached hydrogen (secondary N) is 1. The van der Waals surface area contributed by atoms with Gasteiger partial charge in [-0.15, -0.1) is 0 Å². The average Bonchev–Trinajstić information content (AvgIpc) is 2.74.